The number of hydrogen-bond acceptors (Lipinski definition) is 8. The molecule has 50 heavy (non-hydrogen) atoms. The Kier molecular flexibility index (Phi) is 11.0. The summed E-state index contributed by atoms with van der Waals surface area (Å²) in [4.78, 5) is 40.8. The molecule has 0 aliphatic carbocycles. The van der Waals surface area contributed by atoms with Crippen LogP contribution in [0.25, 0.3) is 53.8 Å². The molecule has 14 heteroatoms. The number of carbonyl (C=O) groups is 2. The molecule has 7 rings (SSSR count). The zero-order valence-electron chi connectivity index (χ0n) is 26.8. The number of amides is 4. The Morgan fingerprint density at radius 2 is 1.22 bits per heavy atom. The predicted octanol–water partition coefficient (Wildman–Crippen LogP) is 9.57. The van der Waals surface area contributed by atoms with Gasteiger partial charge in [0.1, 0.15) is 5.82 Å². The lowest BCUT2D eigenvalue weighted by molar-refractivity contribution is 0.251. The Morgan fingerprint density at radius 1 is 0.680 bits per heavy atom. The van der Waals surface area contributed by atoms with E-state index in [-0.39, 0.29) is 17.9 Å². The van der Waals surface area contributed by atoms with Gasteiger partial charge in [0.15, 0.2) is 10.3 Å². The molecule has 0 atom stereocenters. The fraction of sp³-hybridized carbons (Fsp3) is 0.111. The molecule has 4 amide bonds. The zero-order chi connectivity index (χ0) is 35.0. The molecule has 0 aliphatic rings. The van der Waals surface area contributed by atoms with Crippen molar-refractivity contribution < 1.29 is 14.0 Å². The topological polar surface area (TPSA) is 134 Å². The first-order chi connectivity index (χ1) is 24.3. The Labute approximate surface area is 303 Å². The quantitative estimate of drug-likeness (QED) is 0.128. The van der Waals surface area contributed by atoms with E-state index in [1.807, 2.05) is 68.6 Å². The van der Waals surface area contributed by atoms with Gasteiger partial charge in [-0.2, -0.15) is 0 Å². The molecule has 0 spiro atoms. The SMILES string of the molecule is CCNC(=O)Nc1nc2cc(-c3cccnc3)cc(-c3ccccc3F)c2s1.CCNC(=O)Nc1nc2cc(-c3cccnc3)cc(Br)c2s1. The fourth-order valence-corrected chi connectivity index (χ4v) is 7.52. The molecule has 0 bridgehead atoms. The summed E-state index contributed by atoms with van der Waals surface area (Å²) < 4.78 is 17.3. The molecule has 4 heterocycles. The van der Waals surface area contributed by atoms with Gasteiger partial charge in [-0.1, -0.05) is 53.0 Å². The molecule has 252 valence electrons. The molecular formula is C36H30BrFN8O2S2. The average Bonchev–Trinajstić information content (AvgIpc) is 3.73. The molecule has 0 unspecified atom stereocenters. The summed E-state index contributed by atoms with van der Waals surface area (Å²) in [5.41, 5.74) is 6.60. The molecular weight excluding hydrogens is 739 g/mol. The summed E-state index contributed by atoms with van der Waals surface area (Å²) in [5, 5.41) is 11.9. The summed E-state index contributed by atoms with van der Waals surface area (Å²) in [6.07, 6.45) is 7.02. The number of halogens is 2. The van der Waals surface area contributed by atoms with Crippen LogP contribution in [-0.2, 0) is 0 Å². The Bertz CT molecular complexity index is 2280. The van der Waals surface area contributed by atoms with Crippen LogP contribution in [-0.4, -0.2) is 45.1 Å². The molecule has 0 saturated heterocycles. The highest BCUT2D eigenvalue weighted by Crippen LogP contribution is 2.40. The minimum atomic E-state index is -0.318. The fourth-order valence-electron chi connectivity index (χ4n) is 5.02. The van der Waals surface area contributed by atoms with Crippen molar-refractivity contribution in [1.29, 1.82) is 0 Å². The third kappa shape index (κ3) is 8.10. The Morgan fingerprint density at radius 3 is 1.76 bits per heavy atom. The first kappa shape index (κ1) is 34.5. The number of nitrogens with zero attached hydrogens (tertiary/aromatic N) is 4. The minimum Gasteiger partial charge on any atom is -0.338 e. The molecule has 3 aromatic carbocycles. The molecule has 7 aromatic rings. The van der Waals surface area contributed by atoms with Crippen molar-refractivity contribution in [3.05, 3.63) is 108 Å². The first-order valence-electron chi connectivity index (χ1n) is 15.5. The van der Waals surface area contributed by atoms with E-state index in [0.717, 1.165) is 47.2 Å². The number of nitrogens with one attached hydrogen (secondary N) is 4. The highest BCUT2D eigenvalue weighted by molar-refractivity contribution is 9.10. The number of aromatic nitrogens is 4. The molecule has 4 aromatic heterocycles. The van der Waals surface area contributed by atoms with Crippen molar-refractivity contribution in [3.8, 4) is 33.4 Å². The van der Waals surface area contributed by atoms with Crippen molar-refractivity contribution in [3.63, 3.8) is 0 Å². The number of thiazole rings is 2. The van der Waals surface area contributed by atoms with Gasteiger partial charge in [0, 0.05) is 64.6 Å². The van der Waals surface area contributed by atoms with Crippen molar-refractivity contribution in [1.82, 2.24) is 30.6 Å². The van der Waals surface area contributed by atoms with E-state index in [4.69, 9.17) is 0 Å². The molecule has 0 fully saturated rings. The summed E-state index contributed by atoms with van der Waals surface area (Å²) in [6.45, 7) is 4.80. The molecule has 0 radical (unpaired) electrons. The minimum absolute atomic E-state index is 0.245. The summed E-state index contributed by atoms with van der Waals surface area (Å²) >= 11 is 6.33. The summed E-state index contributed by atoms with van der Waals surface area (Å²) in [7, 11) is 0. The third-order valence-electron chi connectivity index (χ3n) is 7.20. The highest BCUT2D eigenvalue weighted by atomic mass is 79.9. The lowest BCUT2D eigenvalue weighted by Gasteiger charge is -2.08. The van der Waals surface area contributed by atoms with Crippen LogP contribution in [0.5, 0.6) is 0 Å². The van der Waals surface area contributed by atoms with Crippen LogP contribution < -0.4 is 21.3 Å². The van der Waals surface area contributed by atoms with Gasteiger partial charge in [0.25, 0.3) is 0 Å². The van der Waals surface area contributed by atoms with E-state index in [1.165, 1.54) is 28.7 Å². The van der Waals surface area contributed by atoms with Gasteiger partial charge in [-0.15, -0.1) is 0 Å². The summed E-state index contributed by atoms with van der Waals surface area (Å²) in [5.74, 6) is -0.307. The van der Waals surface area contributed by atoms with E-state index >= 15 is 0 Å². The smallest absolute Gasteiger partial charge is 0.321 e. The molecule has 0 saturated carbocycles. The van der Waals surface area contributed by atoms with Crippen LogP contribution in [0.15, 0.2) is 102 Å². The number of urea groups is 2. The second kappa shape index (κ2) is 15.9. The Balaban J connectivity index is 0.000000178. The number of anilines is 2. The number of benzene rings is 3. The number of carbonyl (C=O) groups excluding carboxylic acids is 2. The van der Waals surface area contributed by atoms with E-state index in [0.29, 0.717) is 34.4 Å². The van der Waals surface area contributed by atoms with Gasteiger partial charge in [-0.3, -0.25) is 20.6 Å². The monoisotopic (exact) mass is 768 g/mol. The van der Waals surface area contributed by atoms with Crippen LogP contribution in [0.3, 0.4) is 0 Å². The normalized spacial score (nSPS) is 10.7. The largest absolute Gasteiger partial charge is 0.338 e. The number of pyridine rings is 2. The number of hydrogen-bond donors (Lipinski definition) is 4. The molecule has 0 aliphatic heterocycles. The van der Waals surface area contributed by atoms with Crippen LogP contribution >= 0.6 is 38.6 Å². The summed E-state index contributed by atoms with van der Waals surface area (Å²) in [6, 6.07) is 21.7. The van der Waals surface area contributed by atoms with Gasteiger partial charge in [0.2, 0.25) is 0 Å². The third-order valence-corrected chi connectivity index (χ3v) is 10.1. The van der Waals surface area contributed by atoms with Crippen LogP contribution in [0, 0.1) is 5.82 Å². The van der Waals surface area contributed by atoms with Crippen LogP contribution in [0.4, 0.5) is 24.2 Å². The maximum atomic E-state index is 14.5. The van der Waals surface area contributed by atoms with Crippen molar-refractivity contribution in [2.24, 2.45) is 0 Å². The highest BCUT2D eigenvalue weighted by Gasteiger charge is 2.17. The van der Waals surface area contributed by atoms with Crippen molar-refractivity contribution in [2.75, 3.05) is 23.7 Å². The zero-order valence-corrected chi connectivity index (χ0v) is 30.0. The maximum Gasteiger partial charge on any atom is 0.321 e. The predicted molar refractivity (Wildman–Crippen MR) is 204 cm³/mol. The number of fused-ring (bicyclic) bond motifs is 2. The van der Waals surface area contributed by atoms with E-state index in [9.17, 15) is 14.0 Å². The second-order valence-electron chi connectivity index (χ2n) is 10.6. The van der Waals surface area contributed by atoms with Crippen LogP contribution in [0.2, 0.25) is 0 Å². The molecule has 4 N–H and O–H groups in total. The van der Waals surface area contributed by atoms with E-state index in [2.05, 4.69) is 57.1 Å². The van der Waals surface area contributed by atoms with Gasteiger partial charge < -0.3 is 10.6 Å². The first-order valence-corrected chi connectivity index (χ1v) is 18.0. The van der Waals surface area contributed by atoms with Crippen LogP contribution in [0.1, 0.15) is 13.8 Å². The standard InChI is InChI=1S/C21H17FN4OS.C15H13BrN4OS/c1-2-24-20(27)26-21-25-18-11-14(13-6-5-9-23-12-13)10-16(19(18)28-21)15-7-3-4-8-17(15)22;1-2-18-14(21)20-15-19-12-7-10(6-11(16)13(12)22-15)9-4-3-5-17-8-9/h3-12H,2H2,1H3,(H2,24,25,26,27);3-8H,2H2,1H3,(H2,18,19,20,21). The average molecular weight is 770 g/mol. The van der Waals surface area contributed by atoms with Gasteiger partial charge >= 0.3 is 12.1 Å². The molecule has 10 nitrogen and oxygen atoms in total. The number of rotatable bonds is 7. The Hall–Kier alpha value is -5.31. The maximum absolute atomic E-state index is 14.5. The van der Waals surface area contributed by atoms with Gasteiger partial charge in [-0.05, 0) is 83.4 Å². The van der Waals surface area contributed by atoms with E-state index < -0.39 is 0 Å². The van der Waals surface area contributed by atoms with Crippen molar-refractivity contribution in [2.45, 2.75) is 13.8 Å². The van der Waals surface area contributed by atoms with Gasteiger partial charge in [-0.25, -0.2) is 23.9 Å². The van der Waals surface area contributed by atoms with E-state index in [1.54, 1.807) is 36.8 Å². The lowest BCUT2D eigenvalue weighted by atomic mass is 9.99. The van der Waals surface area contributed by atoms with Gasteiger partial charge in [0.05, 0.1) is 20.4 Å². The second-order valence-corrected chi connectivity index (χ2v) is 13.5. The van der Waals surface area contributed by atoms with Crippen molar-refractivity contribution >= 4 is 81.4 Å². The lowest BCUT2D eigenvalue weighted by Crippen LogP contribution is -2.28.